The van der Waals surface area contributed by atoms with Crippen LogP contribution in [0.25, 0.3) is 16.5 Å². The third-order valence-electron chi connectivity index (χ3n) is 3.18. The van der Waals surface area contributed by atoms with E-state index < -0.39 is 11.7 Å². The van der Waals surface area contributed by atoms with Crippen molar-refractivity contribution >= 4 is 28.6 Å². The molecule has 0 saturated carbocycles. The van der Waals surface area contributed by atoms with E-state index in [9.17, 15) is 4.79 Å². The Hall–Kier alpha value is -2.14. The van der Waals surface area contributed by atoms with Crippen LogP contribution in [0.1, 0.15) is 31.9 Å². The normalized spacial score (nSPS) is 13.0. The van der Waals surface area contributed by atoms with Gasteiger partial charge in [-0.25, -0.2) is 9.78 Å². The molecule has 1 aliphatic carbocycles. The lowest BCUT2D eigenvalue weighted by Gasteiger charge is -2.18. The van der Waals surface area contributed by atoms with Gasteiger partial charge in [-0.2, -0.15) is 0 Å². The molecule has 0 unspecified atom stereocenters. The maximum absolute atomic E-state index is 11.8. The van der Waals surface area contributed by atoms with Crippen LogP contribution in [0.15, 0.2) is 30.5 Å². The second-order valence-electron chi connectivity index (χ2n) is 6.18. The highest BCUT2D eigenvalue weighted by atomic mass is 32.1. The molecule has 3 rings (SSSR count). The van der Waals surface area contributed by atoms with E-state index in [2.05, 4.69) is 40.7 Å². The molecule has 1 N–H and O–H groups in total. The number of amides is 1. The lowest BCUT2D eigenvalue weighted by atomic mass is 10.1. The van der Waals surface area contributed by atoms with E-state index in [1.54, 1.807) is 6.20 Å². The van der Waals surface area contributed by atoms with Crippen LogP contribution in [0, 0.1) is 0 Å². The molecule has 1 amide bonds. The number of carbonyl (C=O) groups excluding carboxylic acids is 1. The van der Waals surface area contributed by atoms with Gasteiger partial charge in [0.15, 0.2) is 5.13 Å². The Labute approximate surface area is 133 Å². The topological polar surface area (TPSA) is 51.2 Å². The molecule has 0 radical (unpaired) electrons. The molecule has 1 heterocycles. The smallest absolute Gasteiger partial charge is 0.413 e. The number of allylic oxidation sites excluding steroid dienone is 1. The standard InChI is InChI=1S/C17H18N2O2S/c1-17(2,3)21-16(20)19-15-18-10-14(22-15)13-8-7-11-5-4-6-12(11)9-13/h4-5,7-10H,6H2,1-3H3,(H,18,19,20). The van der Waals surface area contributed by atoms with Crippen molar-refractivity contribution < 1.29 is 9.53 Å². The van der Waals surface area contributed by atoms with E-state index >= 15 is 0 Å². The minimum Gasteiger partial charge on any atom is -0.444 e. The fraction of sp³-hybridized carbons (Fsp3) is 0.294. The summed E-state index contributed by atoms with van der Waals surface area (Å²) < 4.78 is 5.23. The molecule has 5 heteroatoms. The van der Waals surface area contributed by atoms with Crippen molar-refractivity contribution in [1.82, 2.24) is 4.98 Å². The van der Waals surface area contributed by atoms with Crippen molar-refractivity contribution in [3.63, 3.8) is 0 Å². The summed E-state index contributed by atoms with van der Waals surface area (Å²) in [5.41, 5.74) is 3.21. The molecule has 0 aliphatic heterocycles. The number of nitrogens with zero attached hydrogens (tertiary/aromatic N) is 1. The summed E-state index contributed by atoms with van der Waals surface area (Å²) in [5, 5.41) is 3.22. The summed E-state index contributed by atoms with van der Waals surface area (Å²) in [6.07, 6.45) is 6.58. The number of carbonyl (C=O) groups is 1. The molecule has 1 aromatic carbocycles. The summed E-state index contributed by atoms with van der Waals surface area (Å²) in [6.45, 7) is 5.50. The molecule has 4 nitrogen and oxygen atoms in total. The Morgan fingerprint density at radius 2 is 2.18 bits per heavy atom. The van der Waals surface area contributed by atoms with Crippen molar-refractivity contribution in [2.45, 2.75) is 32.8 Å². The van der Waals surface area contributed by atoms with Gasteiger partial charge in [-0.05, 0) is 49.9 Å². The summed E-state index contributed by atoms with van der Waals surface area (Å²) in [6, 6.07) is 6.38. The fourth-order valence-electron chi connectivity index (χ4n) is 2.27. The van der Waals surface area contributed by atoms with Crippen LogP contribution >= 0.6 is 11.3 Å². The maximum Gasteiger partial charge on any atom is 0.413 e. The van der Waals surface area contributed by atoms with Gasteiger partial charge in [-0.1, -0.05) is 35.6 Å². The number of anilines is 1. The van der Waals surface area contributed by atoms with Gasteiger partial charge in [-0.3, -0.25) is 5.32 Å². The third kappa shape index (κ3) is 3.36. The quantitative estimate of drug-likeness (QED) is 0.872. The highest BCUT2D eigenvalue weighted by Gasteiger charge is 2.17. The van der Waals surface area contributed by atoms with E-state index in [1.807, 2.05) is 20.8 Å². The monoisotopic (exact) mass is 314 g/mol. The first-order valence-electron chi connectivity index (χ1n) is 7.16. The van der Waals surface area contributed by atoms with Gasteiger partial charge < -0.3 is 4.74 Å². The first-order valence-corrected chi connectivity index (χ1v) is 7.98. The number of thiazole rings is 1. The van der Waals surface area contributed by atoms with Gasteiger partial charge in [0.2, 0.25) is 0 Å². The molecule has 114 valence electrons. The van der Waals surface area contributed by atoms with Crippen LogP contribution < -0.4 is 5.32 Å². The van der Waals surface area contributed by atoms with Gasteiger partial charge in [0, 0.05) is 6.20 Å². The third-order valence-corrected chi connectivity index (χ3v) is 4.14. The first-order chi connectivity index (χ1) is 10.4. The number of rotatable bonds is 2. The molecular weight excluding hydrogens is 296 g/mol. The molecule has 22 heavy (non-hydrogen) atoms. The van der Waals surface area contributed by atoms with Crippen molar-refractivity contribution in [2.75, 3.05) is 5.32 Å². The molecular formula is C17H18N2O2S. The molecule has 1 aromatic heterocycles. The largest absolute Gasteiger partial charge is 0.444 e. The van der Waals surface area contributed by atoms with Crippen LogP contribution in [0.4, 0.5) is 9.93 Å². The lowest BCUT2D eigenvalue weighted by molar-refractivity contribution is 0.0636. The number of hydrogen-bond acceptors (Lipinski definition) is 4. The van der Waals surface area contributed by atoms with Gasteiger partial charge in [0.25, 0.3) is 0 Å². The van der Waals surface area contributed by atoms with Crippen molar-refractivity contribution in [3.8, 4) is 10.4 Å². The second-order valence-corrected chi connectivity index (χ2v) is 7.21. The van der Waals surface area contributed by atoms with Gasteiger partial charge >= 0.3 is 6.09 Å². The van der Waals surface area contributed by atoms with Gasteiger partial charge in [0.1, 0.15) is 5.60 Å². The Kier molecular flexibility index (Phi) is 3.74. The highest BCUT2D eigenvalue weighted by molar-refractivity contribution is 7.19. The summed E-state index contributed by atoms with van der Waals surface area (Å²) in [4.78, 5) is 17.0. The molecule has 1 aliphatic rings. The summed E-state index contributed by atoms with van der Waals surface area (Å²) >= 11 is 1.44. The van der Waals surface area contributed by atoms with Crippen LogP contribution in [0.2, 0.25) is 0 Å². The van der Waals surface area contributed by atoms with Crippen molar-refractivity contribution in [3.05, 3.63) is 41.6 Å². The van der Waals surface area contributed by atoms with E-state index in [0.717, 1.165) is 16.9 Å². The zero-order valence-corrected chi connectivity index (χ0v) is 13.7. The molecule has 0 bridgehead atoms. The second kappa shape index (κ2) is 5.57. The Balaban J connectivity index is 1.73. The summed E-state index contributed by atoms with van der Waals surface area (Å²) in [7, 11) is 0. The highest BCUT2D eigenvalue weighted by Crippen LogP contribution is 2.32. The minimum atomic E-state index is -0.517. The zero-order chi connectivity index (χ0) is 15.7. The molecule has 0 atom stereocenters. The Bertz CT molecular complexity index is 741. The van der Waals surface area contributed by atoms with E-state index in [4.69, 9.17) is 4.74 Å². The Morgan fingerprint density at radius 3 is 2.95 bits per heavy atom. The molecule has 0 saturated heterocycles. The summed E-state index contributed by atoms with van der Waals surface area (Å²) in [5.74, 6) is 0. The minimum absolute atomic E-state index is 0.480. The fourth-order valence-corrected chi connectivity index (χ4v) is 3.07. The van der Waals surface area contributed by atoms with Gasteiger partial charge in [-0.15, -0.1) is 0 Å². The maximum atomic E-state index is 11.8. The predicted octanol–water partition coefficient (Wildman–Crippen LogP) is 4.73. The van der Waals surface area contributed by atoms with E-state index in [-0.39, 0.29) is 0 Å². The van der Waals surface area contributed by atoms with Crippen LogP contribution in [-0.2, 0) is 11.2 Å². The van der Waals surface area contributed by atoms with Crippen LogP contribution in [0.5, 0.6) is 0 Å². The molecule has 0 fully saturated rings. The number of ether oxygens (including phenoxy) is 1. The van der Waals surface area contributed by atoms with Crippen LogP contribution in [0.3, 0.4) is 0 Å². The molecule has 2 aromatic rings. The van der Waals surface area contributed by atoms with Crippen molar-refractivity contribution in [2.24, 2.45) is 0 Å². The SMILES string of the molecule is CC(C)(C)OC(=O)Nc1ncc(-c2ccc3c(c2)CC=C3)s1. The number of aromatic nitrogens is 1. The number of benzene rings is 1. The molecule has 0 spiro atoms. The van der Waals surface area contributed by atoms with Crippen molar-refractivity contribution in [1.29, 1.82) is 0 Å². The lowest BCUT2D eigenvalue weighted by Crippen LogP contribution is -2.27. The Morgan fingerprint density at radius 1 is 1.36 bits per heavy atom. The van der Waals surface area contributed by atoms with E-state index in [1.165, 1.54) is 22.5 Å². The van der Waals surface area contributed by atoms with E-state index in [0.29, 0.717) is 5.13 Å². The number of nitrogens with one attached hydrogen (secondary N) is 1. The number of fused-ring (bicyclic) bond motifs is 1. The zero-order valence-electron chi connectivity index (χ0n) is 12.8. The number of hydrogen-bond donors (Lipinski definition) is 1. The average molecular weight is 314 g/mol. The average Bonchev–Trinajstić information content (AvgIpc) is 3.03. The van der Waals surface area contributed by atoms with Crippen LogP contribution in [-0.4, -0.2) is 16.7 Å². The first kappa shape index (κ1) is 14.8. The predicted molar refractivity (Wildman–Crippen MR) is 90.1 cm³/mol. The van der Waals surface area contributed by atoms with Gasteiger partial charge in [0.05, 0.1) is 4.88 Å².